The number of carboxylic acid groups (broad SMARTS) is 1. The molecule has 1 heterocycles. The lowest BCUT2D eigenvalue weighted by Crippen LogP contribution is -2.29. The molecular formula is C9H8N4O4. The molecule has 2 N–H and O–H groups in total. The van der Waals surface area contributed by atoms with E-state index in [2.05, 4.69) is 21.2 Å². The van der Waals surface area contributed by atoms with Crippen molar-refractivity contribution in [3.63, 3.8) is 0 Å². The van der Waals surface area contributed by atoms with Gasteiger partial charge in [0.15, 0.2) is 0 Å². The predicted octanol–water partition coefficient (Wildman–Crippen LogP) is 0.273. The van der Waals surface area contributed by atoms with E-state index in [1.165, 1.54) is 0 Å². The van der Waals surface area contributed by atoms with Crippen molar-refractivity contribution in [3.8, 4) is 12.3 Å². The largest absolute Gasteiger partial charge is 0.480 e. The first kappa shape index (κ1) is 12.4. The van der Waals surface area contributed by atoms with E-state index >= 15 is 0 Å². The van der Waals surface area contributed by atoms with E-state index in [1.807, 2.05) is 0 Å². The number of carboxylic acids is 1. The molecule has 88 valence electrons. The Kier molecular flexibility index (Phi) is 3.94. The van der Waals surface area contributed by atoms with Crippen molar-refractivity contribution in [1.29, 1.82) is 0 Å². The number of nitrogens with one attached hydrogen (secondary N) is 1. The topological polar surface area (TPSA) is 118 Å². The van der Waals surface area contributed by atoms with Crippen molar-refractivity contribution in [2.75, 3.05) is 5.32 Å². The quantitative estimate of drug-likeness (QED) is 0.428. The molecular weight excluding hydrogens is 228 g/mol. The SMILES string of the molecule is C#CCC(Nc1ncc([N+](=O)[O-])cn1)C(=O)O. The second kappa shape index (κ2) is 5.41. The summed E-state index contributed by atoms with van der Waals surface area (Å²) in [5.74, 6) is 1.01. The maximum Gasteiger partial charge on any atom is 0.327 e. The van der Waals surface area contributed by atoms with Gasteiger partial charge in [0.05, 0.1) is 4.92 Å². The molecule has 1 aromatic rings. The first-order chi connectivity index (χ1) is 8.04. The fourth-order valence-corrected chi connectivity index (χ4v) is 0.964. The average Bonchev–Trinajstić information content (AvgIpc) is 2.29. The van der Waals surface area contributed by atoms with Crippen LogP contribution in [-0.2, 0) is 4.79 Å². The van der Waals surface area contributed by atoms with Crippen LogP contribution in [0.1, 0.15) is 6.42 Å². The number of hydrogen-bond acceptors (Lipinski definition) is 6. The molecule has 1 aromatic heterocycles. The highest BCUT2D eigenvalue weighted by Crippen LogP contribution is 2.09. The molecule has 0 aliphatic heterocycles. The Hall–Kier alpha value is -2.69. The van der Waals surface area contributed by atoms with Gasteiger partial charge in [0, 0.05) is 6.42 Å². The third kappa shape index (κ3) is 3.42. The molecule has 0 bridgehead atoms. The number of terminal acetylenes is 1. The lowest BCUT2D eigenvalue weighted by atomic mass is 10.2. The fraction of sp³-hybridized carbons (Fsp3) is 0.222. The number of hydrogen-bond donors (Lipinski definition) is 2. The summed E-state index contributed by atoms with van der Waals surface area (Å²) in [6, 6.07) is -1.03. The third-order valence-corrected chi connectivity index (χ3v) is 1.77. The van der Waals surface area contributed by atoms with Crippen LogP contribution >= 0.6 is 0 Å². The number of aliphatic carboxylic acids is 1. The van der Waals surface area contributed by atoms with Crippen LogP contribution in [0.2, 0.25) is 0 Å². The minimum absolute atomic E-state index is 0.0294. The minimum atomic E-state index is -1.15. The van der Waals surface area contributed by atoms with Gasteiger partial charge >= 0.3 is 11.7 Å². The maximum atomic E-state index is 10.7. The molecule has 1 atom stereocenters. The predicted molar refractivity (Wildman–Crippen MR) is 57.2 cm³/mol. The zero-order chi connectivity index (χ0) is 12.8. The highest BCUT2D eigenvalue weighted by atomic mass is 16.6. The number of anilines is 1. The summed E-state index contributed by atoms with van der Waals surface area (Å²) in [4.78, 5) is 27.6. The zero-order valence-corrected chi connectivity index (χ0v) is 8.53. The monoisotopic (exact) mass is 236 g/mol. The number of rotatable bonds is 5. The molecule has 17 heavy (non-hydrogen) atoms. The van der Waals surface area contributed by atoms with Crippen LogP contribution in [0.3, 0.4) is 0 Å². The molecule has 1 unspecified atom stereocenters. The van der Waals surface area contributed by atoms with Gasteiger partial charge in [-0.05, 0) is 0 Å². The molecule has 0 aromatic carbocycles. The third-order valence-electron chi connectivity index (χ3n) is 1.77. The summed E-state index contributed by atoms with van der Waals surface area (Å²) < 4.78 is 0. The van der Waals surface area contributed by atoms with Crippen LogP contribution < -0.4 is 5.32 Å². The second-order valence-corrected chi connectivity index (χ2v) is 2.97. The van der Waals surface area contributed by atoms with E-state index in [9.17, 15) is 14.9 Å². The van der Waals surface area contributed by atoms with Gasteiger partial charge in [-0.2, -0.15) is 0 Å². The minimum Gasteiger partial charge on any atom is -0.480 e. The highest BCUT2D eigenvalue weighted by molar-refractivity contribution is 5.76. The van der Waals surface area contributed by atoms with E-state index in [1.54, 1.807) is 0 Å². The molecule has 0 aliphatic rings. The summed E-state index contributed by atoms with van der Waals surface area (Å²) in [5, 5.41) is 21.6. The van der Waals surface area contributed by atoms with Crippen molar-refractivity contribution in [2.45, 2.75) is 12.5 Å². The van der Waals surface area contributed by atoms with Crippen LogP contribution in [0.15, 0.2) is 12.4 Å². The molecule has 0 amide bonds. The van der Waals surface area contributed by atoms with E-state index in [0.29, 0.717) is 0 Å². The van der Waals surface area contributed by atoms with E-state index in [-0.39, 0.29) is 18.1 Å². The van der Waals surface area contributed by atoms with E-state index < -0.39 is 16.9 Å². The highest BCUT2D eigenvalue weighted by Gasteiger charge is 2.17. The number of nitro groups is 1. The smallest absolute Gasteiger partial charge is 0.327 e. The lowest BCUT2D eigenvalue weighted by molar-refractivity contribution is -0.385. The number of carbonyl (C=O) groups is 1. The molecule has 0 spiro atoms. The van der Waals surface area contributed by atoms with E-state index in [0.717, 1.165) is 12.4 Å². The lowest BCUT2D eigenvalue weighted by Gasteiger charge is -2.10. The van der Waals surface area contributed by atoms with Crippen LogP contribution in [0.4, 0.5) is 11.6 Å². The summed E-state index contributed by atoms with van der Waals surface area (Å²) >= 11 is 0. The van der Waals surface area contributed by atoms with Crippen LogP contribution in [0.5, 0.6) is 0 Å². The Morgan fingerprint density at radius 1 is 1.65 bits per heavy atom. The molecule has 1 rings (SSSR count). The zero-order valence-electron chi connectivity index (χ0n) is 8.53. The molecule has 0 saturated carbocycles. The molecule has 8 nitrogen and oxygen atoms in total. The Bertz CT molecular complexity index is 465. The molecule has 0 saturated heterocycles. The Labute approximate surface area is 95.9 Å². The normalized spacial score (nSPS) is 11.2. The Morgan fingerprint density at radius 2 is 2.24 bits per heavy atom. The Morgan fingerprint density at radius 3 is 2.65 bits per heavy atom. The van der Waals surface area contributed by atoms with Crippen molar-refractivity contribution >= 4 is 17.6 Å². The first-order valence-corrected chi connectivity index (χ1v) is 4.44. The van der Waals surface area contributed by atoms with Crippen molar-refractivity contribution < 1.29 is 14.8 Å². The van der Waals surface area contributed by atoms with Crippen molar-refractivity contribution in [1.82, 2.24) is 9.97 Å². The van der Waals surface area contributed by atoms with Gasteiger partial charge in [0.2, 0.25) is 5.95 Å². The summed E-state index contributed by atoms with van der Waals surface area (Å²) in [5.41, 5.74) is -0.278. The number of nitrogens with zero attached hydrogens (tertiary/aromatic N) is 3. The summed E-state index contributed by atoms with van der Waals surface area (Å²) in [7, 11) is 0. The van der Waals surface area contributed by atoms with Gasteiger partial charge < -0.3 is 10.4 Å². The van der Waals surface area contributed by atoms with Crippen LogP contribution in [0, 0.1) is 22.5 Å². The van der Waals surface area contributed by atoms with Gasteiger partial charge in [0.25, 0.3) is 0 Å². The van der Waals surface area contributed by atoms with Gasteiger partial charge in [0.1, 0.15) is 18.4 Å². The summed E-state index contributed by atoms with van der Waals surface area (Å²) in [6.45, 7) is 0. The van der Waals surface area contributed by atoms with Gasteiger partial charge in [-0.1, -0.05) is 0 Å². The first-order valence-electron chi connectivity index (χ1n) is 4.44. The summed E-state index contributed by atoms with van der Waals surface area (Å²) in [6.07, 6.45) is 6.91. The average molecular weight is 236 g/mol. The fourth-order valence-electron chi connectivity index (χ4n) is 0.964. The molecule has 8 heteroatoms. The van der Waals surface area contributed by atoms with Crippen LogP contribution in [0.25, 0.3) is 0 Å². The molecule has 0 fully saturated rings. The van der Waals surface area contributed by atoms with Gasteiger partial charge in [-0.3, -0.25) is 10.1 Å². The standard InChI is InChI=1S/C9H8N4O4/c1-2-3-7(8(14)15)12-9-10-4-6(5-11-9)13(16)17/h1,4-5,7H,3H2,(H,14,15)(H,10,11,12). The van der Waals surface area contributed by atoms with Crippen molar-refractivity contribution in [3.05, 3.63) is 22.5 Å². The van der Waals surface area contributed by atoms with Gasteiger partial charge in [-0.15, -0.1) is 12.3 Å². The Balaban J connectivity index is 2.77. The molecule has 0 radical (unpaired) electrons. The molecule has 0 aliphatic carbocycles. The number of aromatic nitrogens is 2. The van der Waals surface area contributed by atoms with E-state index in [4.69, 9.17) is 11.5 Å². The second-order valence-electron chi connectivity index (χ2n) is 2.97. The maximum absolute atomic E-state index is 10.7. The van der Waals surface area contributed by atoms with Gasteiger partial charge in [-0.25, -0.2) is 14.8 Å². The van der Waals surface area contributed by atoms with Crippen LogP contribution in [-0.4, -0.2) is 32.0 Å². The van der Waals surface area contributed by atoms with Crippen molar-refractivity contribution in [2.24, 2.45) is 0 Å².